The standard InChI is InChI=1S/C21H19N3O3/c25-19-7-3-1-5-16(19)13-22-18-11-9-15(10-12-18)21(27)24-23-14-17-6-2-4-8-20(17)26/h1-12,14,22,25-26H,13H2,(H,24,27)/b23-14+. The number of carbonyl (C=O) groups excluding carboxylic acids is 1. The molecule has 0 saturated heterocycles. The molecule has 4 N–H and O–H groups in total. The van der Waals surface area contributed by atoms with E-state index in [1.54, 1.807) is 60.7 Å². The van der Waals surface area contributed by atoms with E-state index in [4.69, 9.17) is 0 Å². The summed E-state index contributed by atoms with van der Waals surface area (Å²) in [6, 6.07) is 20.7. The molecule has 1 amide bonds. The molecular weight excluding hydrogens is 342 g/mol. The fraction of sp³-hybridized carbons (Fsp3) is 0.0476. The van der Waals surface area contributed by atoms with E-state index in [0.717, 1.165) is 11.3 Å². The van der Waals surface area contributed by atoms with Gasteiger partial charge in [-0.15, -0.1) is 0 Å². The van der Waals surface area contributed by atoms with Gasteiger partial charge in [0.1, 0.15) is 11.5 Å². The van der Waals surface area contributed by atoms with Gasteiger partial charge in [0.15, 0.2) is 0 Å². The number of phenols is 2. The second kappa shape index (κ2) is 8.53. The van der Waals surface area contributed by atoms with Crippen LogP contribution in [0.5, 0.6) is 11.5 Å². The predicted molar refractivity (Wildman–Crippen MR) is 105 cm³/mol. The number of aromatic hydroxyl groups is 2. The number of phenolic OH excluding ortho intramolecular Hbond substituents is 2. The van der Waals surface area contributed by atoms with Crippen LogP contribution in [-0.2, 0) is 6.54 Å². The van der Waals surface area contributed by atoms with E-state index in [1.165, 1.54) is 6.21 Å². The number of nitrogens with zero attached hydrogens (tertiary/aromatic N) is 1. The summed E-state index contributed by atoms with van der Waals surface area (Å²) in [4.78, 5) is 12.1. The van der Waals surface area contributed by atoms with Gasteiger partial charge in [0, 0.05) is 28.9 Å². The van der Waals surface area contributed by atoms with Gasteiger partial charge in [0.05, 0.1) is 6.21 Å². The van der Waals surface area contributed by atoms with Crippen LogP contribution >= 0.6 is 0 Å². The number of carbonyl (C=O) groups is 1. The summed E-state index contributed by atoms with van der Waals surface area (Å²) in [6.07, 6.45) is 1.38. The van der Waals surface area contributed by atoms with E-state index in [0.29, 0.717) is 17.7 Å². The van der Waals surface area contributed by atoms with E-state index < -0.39 is 0 Å². The number of amides is 1. The highest BCUT2D eigenvalue weighted by molar-refractivity contribution is 5.95. The number of para-hydroxylation sites is 2. The average Bonchev–Trinajstić information content (AvgIpc) is 2.69. The Morgan fingerprint density at radius 1 is 0.889 bits per heavy atom. The Balaban J connectivity index is 1.56. The van der Waals surface area contributed by atoms with Crippen molar-refractivity contribution < 1.29 is 15.0 Å². The molecule has 136 valence electrons. The molecule has 0 atom stereocenters. The number of hydrogen-bond acceptors (Lipinski definition) is 5. The van der Waals surface area contributed by atoms with Crippen LogP contribution in [0.4, 0.5) is 5.69 Å². The van der Waals surface area contributed by atoms with Crippen LogP contribution in [0.25, 0.3) is 0 Å². The van der Waals surface area contributed by atoms with Crippen molar-refractivity contribution in [1.82, 2.24) is 5.43 Å². The maximum atomic E-state index is 12.1. The Labute approximate surface area is 156 Å². The molecular formula is C21H19N3O3. The minimum atomic E-state index is -0.353. The fourth-order valence-corrected chi connectivity index (χ4v) is 2.42. The molecule has 3 aromatic carbocycles. The number of nitrogens with one attached hydrogen (secondary N) is 2. The molecule has 0 aliphatic rings. The van der Waals surface area contributed by atoms with Crippen LogP contribution in [0, 0.1) is 0 Å². The molecule has 0 bridgehead atoms. The van der Waals surface area contributed by atoms with Crippen LogP contribution in [0.15, 0.2) is 77.9 Å². The van der Waals surface area contributed by atoms with Gasteiger partial charge in [-0.25, -0.2) is 5.43 Å². The van der Waals surface area contributed by atoms with Gasteiger partial charge >= 0.3 is 0 Å². The molecule has 0 fully saturated rings. The number of benzene rings is 3. The highest BCUT2D eigenvalue weighted by Gasteiger charge is 2.05. The van der Waals surface area contributed by atoms with E-state index in [2.05, 4.69) is 15.8 Å². The van der Waals surface area contributed by atoms with Crippen LogP contribution in [0.3, 0.4) is 0 Å². The number of hydrazone groups is 1. The Morgan fingerprint density at radius 3 is 2.26 bits per heavy atom. The first-order valence-electron chi connectivity index (χ1n) is 8.35. The van der Waals surface area contributed by atoms with Gasteiger partial charge in [-0.1, -0.05) is 30.3 Å². The first-order valence-corrected chi connectivity index (χ1v) is 8.35. The lowest BCUT2D eigenvalue weighted by molar-refractivity contribution is 0.0955. The quantitative estimate of drug-likeness (QED) is 0.399. The molecule has 3 rings (SSSR count). The van der Waals surface area contributed by atoms with E-state index in [-0.39, 0.29) is 17.4 Å². The van der Waals surface area contributed by atoms with Gasteiger partial charge in [0.25, 0.3) is 5.91 Å². The summed E-state index contributed by atoms with van der Waals surface area (Å²) in [7, 11) is 0. The maximum Gasteiger partial charge on any atom is 0.271 e. The minimum absolute atomic E-state index is 0.0929. The average molecular weight is 361 g/mol. The van der Waals surface area contributed by atoms with Crippen molar-refractivity contribution >= 4 is 17.8 Å². The van der Waals surface area contributed by atoms with Gasteiger partial charge in [-0.05, 0) is 42.5 Å². The molecule has 0 heterocycles. The molecule has 0 saturated carbocycles. The Hall–Kier alpha value is -3.80. The third-order valence-electron chi connectivity index (χ3n) is 3.93. The second-order valence-corrected chi connectivity index (χ2v) is 5.82. The van der Waals surface area contributed by atoms with Crippen molar-refractivity contribution in [3.05, 3.63) is 89.5 Å². The molecule has 0 aliphatic heterocycles. The van der Waals surface area contributed by atoms with Crippen LogP contribution < -0.4 is 10.7 Å². The van der Waals surface area contributed by atoms with Crippen molar-refractivity contribution in [3.63, 3.8) is 0 Å². The Kier molecular flexibility index (Phi) is 5.69. The molecule has 3 aromatic rings. The number of anilines is 1. The van der Waals surface area contributed by atoms with Gasteiger partial charge in [-0.3, -0.25) is 4.79 Å². The van der Waals surface area contributed by atoms with E-state index in [1.807, 2.05) is 12.1 Å². The van der Waals surface area contributed by atoms with Crippen LogP contribution in [0.2, 0.25) is 0 Å². The number of rotatable bonds is 6. The summed E-state index contributed by atoms with van der Waals surface area (Å²) < 4.78 is 0. The van der Waals surface area contributed by atoms with E-state index in [9.17, 15) is 15.0 Å². The fourth-order valence-electron chi connectivity index (χ4n) is 2.42. The Morgan fingerprint density at radius 2 is 1.56 bits per heavy atom. The van der Waals surface area contributed by atoms with Crippen LogP contribution in [-0.4, -0.2) is 22.3 Å². The monoisotopic (exact) mass is 361 g/mol. The van der Waals surface area contributed by atoms with E-state index >= 15 is 0 Å². The third kappa shape index (κ3) is 4.85. The summed E-state index contributed by atoms with van der Waals surface area (Å²) in [6.45, 7) is 0.475. The topological polar surface area (TPSA) is 94.0 Å². The summed E-state index contributed by atoms with van der Waals surface area (Å²) in [5, 5.41) is 26.5. The molecule has 0 unspecified atom stereocenters. The lowest BCUT2D eigenvalue weighted by Gasteiger charge is -2.08. The molecule has 0 radical (unpaired) electrons. The third-order valence-corrected chi connectivity index (χ3v) is 3.93. The minimum Gasteiger partial charge on any atom is -0.508 e. The number of hydrogen-bond donors (Lipinski definition) is 4. The molecule has 6 nitrogen and oxygen atoms in total. The predicted octanol–water partition coefficient (Wildman–Crippen LogP) is 3.47. The lowest BCUT2D eigenvalue weighted by Crippen LogP contribution is -2.17. The summed E-state index contributed by atoms with van der Waals surface area (Å²) in [5.74, 6) is -0.0207. The zero-order chi connectivity index (χ0) is 19.1. The SMILES string of the molecule is O=C(N/N=C/c1ccccc1O)c1ccc(NCc2ccccc2O)cc1. The van der Waals surface area contributed by atoms with Gasteiger partial charge in [-0.2, -0.15) is 5.10 Å². The molecule has 0 spiro atoms. The molecule has 6 heteroatoms. The normalized spacial score (nSPS) is 10.7. The highest BCUT2D eigenvalue weighted by atomic mass is 16.3. The lowest BCUT2D eigenvalue weighted by atomic mass is 10.1. The molecule has 0 aliphatic carbocycles. The largest absolute Gasteiger partial charge is 0.508 e. The Bertz CT molecular complexity index is 953. The summed E-state index contributed by atoms with van der Waals surface area (Å²) >= 11 is 0. The first kappa shape index (κ1) is 18.0. The second-order valence-electron chi connectivity index (χ2n) is 5.82. The first-order chi connectivity index (χ1) is 13.1. The van der Waals surface area contributed by atoms with Crippen molar-refractivity contribution in [2.45, 2.75) is 6.54 Å². The zero-order valence-electron chi connectivity index (χ0n) is 14.5. The van der Waals surface area contributed by atoms with Gasteiger partial charge in [0.2, 0.25) is 0 Å². The molecule has 0 aromatic heterocycles. The highest BCUT2D eigenvalue weighted by Crippen LogP contribution is 2.18. The summed E-state index contributed by atoms with van der Waals surface area (Å²) in [5.41, 5.74) is 5.01. The molecule has 27 heavy (non-hydrogen) atoms. The van der Waals surface area contributed by atoms with Crippen molar-refractivity contribution in [2.75, 3.05) is 5.32 Å². The smallest absolute Gasteiger partial charge is 0.271 e. The van der Waals surface area contributed by atoms with Crippen molar-refractivity contribution in [3.8, 4) is 11.5 Å². The van der Waals surface area contributed by atoms with Crippen LogP contribution in [0.1, 0.15) is 21.5 Å². The van der Waals surface area contributed by atoms with Gasteiger partial charge < -0.3 is 15.5 Å². The van der Waals surface area contributed by atoms with Crippen molar-refractivity contribution in [2.24, 2.45) is 5.10 Å². The van der Waals surface area contributed by atoms with Crippen molar-refractivity contribution in [1.29, 1.82) is 0 Å². The zero-order valence-corrected chi connectivity index (χ0v) is 14.5. The maximum absolute atomic E-state index is 12.1.